The van der Waals surface area contributed by atoms with Crippen LogP contribution >= 0.6 is 11.8 Å². The number of aryl methyl sites for hydroxylation is 1. The first kappa shape index (κ1) is 20.6. The standard InChI is InChI=1S/C22H30N4OS/c1-17-4-7-19(21(14-17)28-3)16-25-22(23-2)24-15-18-5-8-20(9-6-18)26-10-12-27-13-11-26/h4-9,14H,10-13,15-16H2,1-3H3,(H2,23,24,25). The molecule has 1 aliphatic rings. The second-order valence-corrected chi connectivity index (χ2v) is 7.71. The molecule has 0 atom stereocenters. The van der Waals surface area contributed by atoms with E-state index in [1.165, 1.54) is 27.3 Å². The molecule has 3 rings (SSSR count). The van der Waals surface area contributed by atoms with Crippen LogP contribution < -0.4 is 15.5 Å². The molecular weight excluding hydrogens is 368 g/mol. The first-order valence-electron chi connectivity index (χ1n) is 9.69. The van der Waals surface area contributed by atoms with E-state index in [2.05, 4.69) is 76.2 Å². The summed E-state index contributed by atoms with van der Waals surface area (Å²) < 4.78 is 5.42. The van der Waals surface area contributed by atoms with Crippen molar-refractivity contribution >= 4 is 23.4 Å². The van der Waals surface area contributed by atoms with Gasteiger partial charge >= 0.3 is 0 Å². The summed E-state index contributed by atoms with van der Waals surface area (Å²) >= 11 is 1.78. The van der Waals surface area contributed by atoms with Crippen molar-refractivity contribution in [1.82, 2.24) is 10.6 Å². The largest absolute Gasteiger partial charge is 0.378 e. The number of morpholine rings is 1. The molecule has 0 amide bonds. The van der Waals surface area contributed by atoms with Crippen LogP contribution in [0, 0.1) is 6.92 Å². The van der Waals surface area contributed by atoms with Gasteiger partial charge in [-0.2, -0.15) is 0 Å². The van der Waals surface area contributed by atoms with Gasteiger partial charge in [-0.1, -0.05) is 24.3 Å². The Bertz CT molecular complexity index is 786. The van der Waals surface area contributed by atoms with Crippen LogP contribution in [0.5, 0.6) is 0 Å². The first-order valence-corrected chi connectivity index (χ1v) is 10.9. The predicted molar refractivity (Wildman–Crippen MR) is 119 cm³/mol. The third-order valence-corrected chi connectivity index (χ3v) is 5.70. The number of hydrogen-bond donors (Lipinski definition) is 2. The van der Waals surface area contributed by atoms with Crippen LogP contribution in [0.4, 0.5) is 5.69 Å². The summed E-state index contributed by atoms with van der Waals surface area (Å²) in [7, 11) is 1.81. The van der Waals surface area contributed by atoms with Gasteiger partial charge in [0.15, 0.2) is 5.96 Å². The summed E-state index contributed by atoms with van der Waals surface area (Å²) in [4.78, 5) is 8.02. The van der Waals surface area contributed by atoms with Crippen molar-refractivity contribution in [3.8, 4) is 0 Å². The van der Waals surface area contributed by atoms with Crippen molar-refractivity contribution < 1.29 is 4.74 Å². The van der Waals surface area contributed by atoms with Crippen molar-refractivity contribution in [2.45, 2.75) is 24.9 Å². The van der Waals surface area contributed by atoms with Crippen LogP contribution in [-0.2, 0) is 17.8 Å². The van der Waals surface area contributed by atoms with E-state index in [-0.39, 0.29) is 0 Å². The van der Waals surface area contributed by atoms with Crippen LogP contribution in [0.15, 0.2) is 52.4 Å². The van der Waals surface area contributed by atoms with Gasteiger partial charge in [-0.05, 0) is 48.1 Å². The van der Waals surface area contributed by atoms with Gasteiger partial charge in [0.2, 0.25) is 0 Å². The van der Waals surface area contributed by atoms with Crippen LogP contribution in [-0.4, -0.2) is 45.6 Å². The summed E-state index contributed by atoms with van der Waals surface area (Å²) in [6.07, 6.45) is 2.12. The van der Waals surface area contributed by atoms with Gasteiger partial charge in [-0.15, -0.1) is 11.8 Å². The van der Waals surface area contributed by atoms with E-state index >= 15 is 0 Å². The van der Waals surface area contributed by atoms with E-state index < -0.39 is 0 Å². The number of anilines is 1. The lowest BCUT2D eigenvalue weighted by Gasteiger charge is -2.28. The molecule has 2 aromatic carbocycles. The van der Waals surface area contributed by atoms with E-state index in [1.807, 2.05) is 7.05 Å². The second-order valence-electron chi connectivity index (χ2n) is 6.86. The van der Waals surface area contributed by atoms with E-state index in [0.717, 1.165) is 45.4 Å². The molecule has 0 bridgehead atoms. The molecule has 1 aliphatic heterocycles. The van der Waals surface area contributed by atoms with Crippen LogP contribution in [0.1, 0.15) is 16.7 Å². The molecule has 2 N–H and O–H groups in total. The molecule has 150 valence electrons. The number of benzene rings is 2. The van der Waals surface area contributed by atoms with E-state index in [4.69, 9.17) is 4.74 Å². The number of aliphatic imine (C=N–C) groups is 1. The van der Waals surface area contributed by atoms with Gasteiger partial charge in [0.25, 0.3) is 0 Å². The number of hydrogen-bond acceptors (Lipinski definition) is 4. The van der Waals surface area contributed by atoms with Gasteiger partial charge in [-0.25, -0.2) is 0 Å². The SMILES string of the molecule is CN=C(NCc1ccc(N2CCOCC2)cc1)NCc1ccc(C)cc1SC. The van der Waals surface area contributed by atoms with Gasteiger partial charge in [-0.3, -0.25) is 4.99 Å². The molecule has 0 aromatic heterocycles. The maximum absolute atomic E-state index is 5.42. The topological polar surface area (TPSA) is 48.9 Å². The molecule has 0 aliphatic carbocycles. The lowest BCUT2D eigenvalue weighted by molar-refractivity contribution is 0.122. The van der Waals surface area contributed by atoms with Crippen LogP contribution in [0.3, 0.4) is 0 Å². The minimum Gasteiger partial charge on any atom is -0.378 e. The lowest BCUT2D eigenvalue weighted by Crippen LogP contribution is -2.36. The number of nitrogens with zero attached hydrogens (tertiary/aromatic N) is 2. The fourth-order valence-corrected chi connectivity index (χ4v) is 3.94. The van der Waals surface area contributed by atoms with Crippen molar-refractivity contribution in [3.05, 3.63) is 59.2 Å². The van der Waals surface area contributed by atoms with Crippen LogP contribution in [0.2, 0.25) is 0 Å². The zero-order valence-corrected chi connectivity index (χ0v) is 17.8. The highest BCUT2D eigenvalue weighted by Gasteiger charge is 2.10. The van der Waals surface area contributed by atoms with Gasteiger partial charge in [0.1, 0.15) is 0 Å². The minimum absolute atomic E-state index is 0.742. The summed E-state index contributed by atoms with van der Waals surface area (Å²) in [6, 6.07) is 15.3. The molecular formula is C22H30N4OS. The Labute approximate surface area is 172 Å². The molecule has 2 aromatic rings. The predicted octanol–water partition coefficient (Wildman–Crippen LogP) is 3.42. The van der Waals surface area contributed by atoms with Gasteiger partial charge < -0.3 is 20.3 Å². The number of ether oxygens (including phenoxy) is 1. The normalized spacial score (nSPS) is 14.8. The zero-order chi connectivity index (χ0) is 19.8. The number of thioether (sulfide) groups is 1. The molecule has 1 saturated heterocycles. The molecule has 6 heteroatoms. The molecule has 1 heterocycles. The Hall–Kier alpha value is -2.18. The highest BCUT2D eigenvalue weighted by atomic mass is 32.2. The van der Waals surface area contributed by atoms with E-state index in [1.54, 1.807) is 11.8 Å². The Balaban J connectivity index is 1.51. The van der Waals surface area contributed by atoms with Crippen LogP contribution in [0.25, 0.3) is 0 Å². The fraction of sp³-hybridized carbons (Fsp3) is 0.409. The molecule has 28 heavy (non-hydrogen) atoms. The molecule has 0 spiro atoms. The average Bonchev–Trinajstić information content (AvgIpc) is 2.75. The number of nitrogens with one attached hydrogen (secondary N) is 2. The quantitative estimate of drug-likeness (QED) is 0.444. The number of rotatable bonds is 6. The highest BCUT2D eigenvalue weighted by molar-refractivity contribution is 7.98. The summed E-state index contributed by atoms with van der Waals surface area (Å²) in [5.74, 6) is 0.810. The molecule has 0 radical (unpaired) electrons. The number of guanidine groups is 1. The van der Waals surface area contributed by atoms with Gasteiger partial charge in [0, 0.05) is 43.8 Å². The average molecular weight is 399 g/mol. The van der Waals surface area contributed by atoms with E-state index in [0.29, 0.717) is 0 Å². The smallest absolute Gasteiger partial charge is 0.191 e. The Morgan fingerprint density at radius 3 is 2.46 bits per heavy atom. The van der Waals surface area contributed by atoms with Gasteiger partial charge in [0.05, 0.1) is 13.2 Å². The molecule has 5 nitrogen and oxygen atoms in total. The monoisotopic (exact) mass is 398 g/mol. The second kappa shape index (κ2) is 10.4. The lowest BCUT2D eigenvalue weighted by atomic mass is 10.1. The molecule has 0 unspecified atom stereocenters. The fourth-order valence-electron chi connectivity index (χ4n) is 3.23. The third-order valence-electron chi connectivity index (χ3n) is 4.88. The third kappa shape index (κ3) is 5.66. The highest BCUT2D eigenvalue weighted by Crippen LogP contribution is 2.21. The summed E-state index contributed by atoms with van der Waals surface area (Å²) in [6.45, 7) is 7.17. The minimum atomic E-state index is 0.742. The molecule has 1 fully saturated rings. The van der Waals surface area contributed by atoms with Crippen molar-refractivity contribution in [2.24, 2.45) is 4.99 Å². The van der Waals surface area contributed by atoms with Crippen molar-refractivity contribution in [3.63, 3.8) is 0 Å². The zero-order valence-electron chi connectivity index (χ0n) is 17.0. The van der Waals surface area contributed by atoms with E-state index in [9.17, 15) is 0 Å². The summed E-state index contributed by atoms with van der Waals surface area (Å²) in [5, 5.41) is 6.82. The maximum atomic E-state index is 5.42. The first-order chi connectivity index (χ1) is 13.7. The summed E-state index contributed by atoms with van der Waals surface area (Å²) in [5.41, 5.74) is 5.07. The maximum Gasteiger partial charge on any atom is 0.191 e. The van der Waals surface area contributed by atoms with Crippen molar-refractivity contribution in [2.75, 3.05) is 44.5 Å². The van der Waals surface area contributed by atoms with Crippen molar-refractivity contribution in [1.29, 1.82) is 0 Å². The Morgan fingerprint density at radius 2 is 1.79 bits per heavy atom. The Morgan fingerprint density at radius 1 is 1.07 bits per heavy atom. The Kier molecular flexibility index (Phi) is 7.62. The molecule has 0 saturated carbocycles.